The van der Waals surface area contributed by atoms with Gasteiger partial charge < -0.3 is 9.84 Å². The van der Waals surface area contributed by atoms with Crippen molar-refractivity contribution in [2.24, 2.45) is 0 Å². The molecule has 0 aliphatic carbocycles. The number of aromatic nitrogens is 3. The lowest BCUT2D eigenvalue weighted by Crippen LogP contribution is -2.28. The van der Waals surface area contributed by atoms with E-state index in [1.807, 2.05) is 0 Å². The molecule has 2 heterocycles. The third-order valence-corrected chi connectivity index (χ3v) is 3.48. The number of benzene rings is 1. The SMILES string of the molecule is Cc1noc(-c2cccc(=O)n2CC(=O)Nc2ccc(Cl)cc2)n1. The van der Waals surface area contributed by atoms with E-state index >= 15 is 0 Å². The van der Waals surface area contributed by atoms with Crippen LogP contribution in [-0.2, 0) is 11.3 Å². The minimum Gasteiger partial charge on any atom is -0.332 e. The molecule has 3 aromatic rings. The Balaban J connectivity index is 1.85. The van der Waals surface area contributed by atoms with E-state index < -0.39 is 0 Å². The number of halogens is 1. The van der Waals surface area contributed by atoms with Gasteiger partial charge in [-0.05, 0) is 37.3 Å². The van der Waals surface area contributed by atoms with Crippen molar-refractivity contribution in [2.75, 3.05) is 5.32 Å². The van der Waals surface area contributed by atoms with E-state index in [2.05, 4.69) is 15.5 Å². The largest absolute Gasteiger partial charge is 0.332 e. The molecule has 0 bridgehead atoms. The Morgan fingerprint density at radius 2 is 2.00 bits per heavy atom. The van der Waals surface area contributed by atoms with E-state index in [0.29, 0.717) is 22.2 Å². The van der Waals surface area contributed by atoms with Crippen molar-refractivity contribution in [3.05, 3.63) is 63.7 Å². The molecule has 0 saturated carbocycles. The van der Waals surface area contributed by atoms with Crippen molar-refractivity contribution in [2.45, 2.75) is 13.5 Å². The first kappa shape index (κ1) is 15.9. The summed E-state index contributed by atoms with van der Waals surface area (Å²) in [5.41, 5.74) is 0.632. The number of rotatable bonds is 4. The van der Waals surface area contributed by atoms with E-state index in [9.17, 15) is 9.59 Å². The zero-order valence-corrected chi connectivity index (χ0v) is 13.4. The average Bonchev–Trinajstić information content (AvgIpc) is 2.98. The second-order valence-electron chi connectivity index (χ2n) is 5.04. The van der Waals surface area contributed by atoms with Crippen LogP contribution in [-0.4, -0.2) is 20.6 Å². The van der Waals surface area contributed by atoms with Gasteiger partial charge in [0, 0.05) is 16.8 Å². The fourth-order valence-corrected chi connectivity index (χ4v) is 2.27. The number of carbonyl (C=O) groups excluding carboxylic acids is 1. The van der Waals surface area contributed by atoms with Gasteiger partial charge in [0.2, 0.25) is 5.91 Å². The standard InChI is InChI=1S/C16H13ClN4O3/c1-10-18-16(24-20-10)13-3-2-4-15(23)21(13)9-14(22)19-12-7-5-11(17)6-8-12/h2-8H,9H2,1H3,(H,19,22). The summed E-state index contributed by atoms with van der Waals surface area (Å²) >= 11 is 5.81. The second-order valence-corrected chi connectivity index (χ2v) is 5.47. The van der Waals surface area contributed by atoms with Gasteiger partial charge in [-0.3, -0.25) is 14.2 Å². The molecule has 24 heavy (non-hydrogen) atoms. The lowest BCUT2D eigenvalue weighted by molar-refractivity contribution is -0.116. The first-order valence-corrected chi connectivity index (χ1v) is 7.47. The molecule has 0 spiro atoms. The highest BCUT2D eigenvalue weighted by molar-refractivity contribution is 6.30. The maximum atomic E-state index is 12.2. The normalized spacial score (nSPS) is 10.6. The summed E-state index contributed by atoms with van der Waals surface area (Å²) in [5, 5.41) is 6.98. The predicted molar refractivity (Wildman–Crippen MR) is 88.8 cm³/mol. The molecule has 7 nitrogen and oxygen atoms in total. The van der Waals surface area contributed by atoms with Gasteiger partial charge in [-0.2, -0.15) is 4.98 Å². The lowest BCUT2D eigenvalue weighted by Gasteiger charge is -2.10. The molecule has 0 aliphatic heterocycles. The number of nitrogens with one attached hydrogen (secondary N) is 1. The van der Waals surface area contributed by atoms with Crippen molar-refractivity contribution in [3.63, 3.8) is 0 Å². The van der Waals surface area contributed by atoms with Crippen LogP contribution < -0.4 is 10.9 Å². The summed E-state index contributed by atoms with van der Waals surface area (Å²) < 4.78 is 6.37. The first-order chi connectivity index (χ1) is 11.5. The number of hydrogen-bond acceptors (Lipinski definition) is 5. The number of aryl methyl sites for hydroxylation is 1. The van der Waals surface area contributed by atoms with Gasteiger partial charge in [0.05, 0.1) is 0 Å². The molecule has 2 aromatic heterocycles. The van der Waals surface area contributed by atoms with Crippen LogP contribution in [0, 0.1) is 6.92 Å². The number of carbonyl (C=O) groups is 1. The summed E-state index contributed by atoms with van der Waals surface area (Å²) in [6.45, 7) is 1.49. The number of hydrogen-bond donors (Lipinski definition) is 1. The molecule has 8 heteroatoms. The van der Waals surface area contributed by atoms with E-state index in [-0.39, 0.29) is 23.9 Å². The van der Waals surface area contributed by atoms with E-state index in [4.69, 9.17) is 16.1 Å². The zero-order valence-electron chi connectivity index (χ0n) is 12.7. The topological polar surface area (TPSA) is 90.0 Å². The Morgan fingerprint density at radius 1 is 1.25 bits per heavy atom. The fourth-order valence-electron chi connectivity index (χ4n) is 2.15. The van der Waals surface area contributed by atoms with Crippen LogP contribution in [0.5, 0.6) is 0 Å². The van der Waals surface area contributed by atoms with Gasteiger partial charge in [-0.1, -0.05) is 22.8 Å². The van der Waals surface area contributed by atoms with E-state index in [0.717, 1.165) is 0 Å². The molecule has 3 rings (SSSR count). The molecule has 0 aliphatic rings. The number of anilines is 1. The quantitative estimate of drug-likeness (QED) is 0.785. The monoisotopic (exact) mass is 344 g/mol. The van der Waals surface area contributed by atoms with Crippen LogP contribution in [0.15, 0.2) is 51.8 Å². The van der Waals surface area contributed by atoms with E-state index in [1.54, 1.807) is 43.3 Å². The second kappa shape index (κ2) is 6.67. The van der Waals surface area contributed by atoms with E-state index in [1.165, 1.54) is 10.6 Å². The van der Waals surface area contributed by atoms with Crippen molar-refractivity contribution < 1.29 is 9.32 Å². The van der Waals surface area contributed by atoms with Gasteiger partial charge in [0.1, 0.15) is 12.2 Å². The summed E-state index contributed by atoms with van der Waals surface area (Å²) in [5.74, 6) is 0.270. The maximum absolute atomic E-state index is 12.2. The molecule has 1 N–H and O–H groups in total. The number of pyridine rings is 1. The van der Waals surface area contributed by atoms with Crippen LogP contribution in [0.25, 0.3) is 11.6 Å². The lowest BCUT2D eigenvalue weighted by atomic mass is 10.3. The smallest absolute Gasteiger partial charge is 0.274 e. The molecule has 0 fully saturated rings. The zero-order chi connectivity index (χ0) is 17.1. The van der Waals surface area contributed by atoms with Crippen LogP contribution in [0.2, 0.25) is 5.02 Å². The van der Waals surface area contributed by atoms with Crippen molar-refractivity contribution in [1.82, 2.24) is 14.7 Å². The Morgan fingerprint density at radius 3 is 2.67 bits per heavy atom. The third-order valence-electron chi connectivity index (χ3n) is 3.23. The molecule has 0 atom stereocenters. The first-order valence-electron chi connectivity index (χ1n) is 7.09. The van der Waals surface area contributed by atoms with Crippen LogP contribution >= 0.6 is 11.6 Å². The van der Waals surface area contributed by atoms with Crippen molar-refractivity contribution in [1.29, 1.82) is 0 Å². The summed E-state index contributed by atoms with van der Waals surface area (Å²) in [7, 11) is 0. The molecule has 1 aromatic carbocycles. The minimum atomic E-state index is -0.358. The average molecular weight is 345 g/mol. The predicted octanol–water partition coefficient (Wildman–Crippen LogP) is 2.50. The van der Waals surface area contributed by atoms with Crippen molar-refractivity contribution in [3.8, 4) is 11.6 Å². The molecular weight excluding hydrogens is 332 g/mol. The maximum Gasteiger partial charge on any atom is 0.274 e. The van der Waals surface area contributed by atoms with Crippen LogP contribution in [0.4, 0.5) is 5.69 Å². The fraction of sp³-hybridized carbons (Fsp3) is 0.125. The van der Waals surface area contributed by atoms with Gasteiger partial charge in [-0.15, -0.1) is 0 Å². The molecule has 1 amide bonds. The van der Waals surface area contributed by atoms with Crippen molar-refractivity contribution >= 4 is 23.2 Å². The summed E-state index contributed by atoms with van der Waals surface area (Å²) in [6, 6.07) is 11.3. The number of nitrogens with zero attached hydrogens (tertiary/aromatic N) is 3. The molecule has 0 radical (unpaired) electrons. The highest BCUT2D eigenvalue weighted by atomic mass is 35.5. The Hall–Kier alpha value is -2.93. The highest BCUT2D eigenvalue weighted by Gasteiger charge is 2.15. The Bertz CT molecular complexity index is 931. The third kappa shape index (κ3) is 3.52. The molecular formula is C16H13ClN4O3. The van der Waals surface area contributed by atoms with Crippen LogP contribution in [0.3, 0.4) is 0 Å². The summed E-state index contributed by atoms with van der Waals surface area (Å²) in [6.07, 6.45) is 0. The minimum absolute atomic E-state index is 0.181. The number of amides is 1. The Kier molecular flexibility index (Phi) is 4.43. The van der Waals surface area contributed by atoms with Gasteiger partial charge in [0.15, 0.2) is 5.82 Å². The van der Waals surface area contributed by atoms with Gasteiger partial charge >= 0.3 is 0 Å². The molecule has 122 valence electrons. The summed E-state index contributed by atoms with van der Waals surface area (Å²) in [4.78, 5) is 28.5. The molecule has 0 saturated heterocycles. The van der Waals surface area contributed by atoms with Crippen LogP contribution in [0.1, 0.15) is 5.82 Å². The Labute approximate surface area is 141 Å². The molecule has 0 unspecified atom stereocenters. The highest BCUT2D eigenvalue weighted by Crippen LogP contribution is 2.16. The van der Waals surface area contributed by atoms with Gasteiger partial charge in [-0.25, -0.2) is 0 Å². The van der Waals surface area contributed by atoms with Gasteiger partial charge in [0.25, 0.3) is 11.4 Å².